The van der Waals surface area contributed by atoms with Crippen molar-refractivity contribution in [1.82, 2.24) is 29.4 Å². The van der Waals surface area contributed by atoms with Gasteiger partial charge in [0.05, 0.1) is 5.02 Å². The Hall–Kier alpha value is -2.82. The van der Waals surface area contributed by atoms with Crippen LogP contribution in [-0.2, 0) is 21.2 Å². The lowest BCUT2D eigenvalue weighted by atomic mass is 10.0. The zero-order chi connectivity index (χ0) is 21.8. The number of sulfonamides is 1. The van der Waals surface area contributed by atoms with E-state index in [2.05, 4.69) is 15.5 Å². The number of halogens is 1. The van der Waals surface area contributed by atoms with Crippen molar-refractivity contribution in [2.75, 3.05) is 26.2 Å². The molecule has 2 heterocycles. The molecule has 4 rings (SSSR count). The Kier molecular flexibility index (Phi) is 6.30. The van der Waals surface area contributed by atoms with Crippen molar-refractivity contribution < 1.29 is 13.2 Å². The second kappa shape index (κ2) is 9.13. The van der Waals surface area contributed by atoms with Crippen LogP contribution in [0.25, 0.3) is 0 Å². The van der Waals surface area contributed by atoms with Gasteiger partial charge in [-0.15, -0.1) is 5.10 Å². The molecule has 1 amide bonds. The summed E-state index contributed by atoms with van der Waals surface area (Å²) >= 11 is 6.09. The van der Waals surface area contributed by atoms with Crippen LogP contribution in [0.15, 0.2) is 65.8 Å². The molecule has 1 fully saturated rings. The average Bonchev–Trinajstić information content (AvgIpc) is 3.33. The van der Waals surface area contributed by atoms with E-state index in [1.54, 1.807) is 23.1 Å². The van der Waals surface area contributed by atoms with Gasteiger partial charge in [0, 0.05) is 32.6 Å². The van der Waals surface area contributed by atoms with Crippen LogP contribution in [0.4, 0.5) is 0 Å². The Balaban J connectivity index is 1.48. The number of aromatic nitrogens is 4. The smallest absolute Gasteiger partial charge is 0.248 e. The molecule has 0 bridgehead atoms. The van der Waals surface area contributed by atoms with Crippen molar-refractivity contribution >= 4 is 27.5 Å². The summed E-state index contributed by atoms with van der Waals surface area (Å²) in [6.07, 6.45) is 1.85. The largest absolute Gasteiger partial charge is 0.338 e. The molecule has 9 nitrogen and oxygen atoms in total. The molecule has 1 aromatic heterocycles. The van der Waals surface area contributed by atoms with E-state index in [-0.39, 0.29) is 42.0 Å². The molecule has 0 aliphatic carbocycles. The third-order valence-electron chi connectivity index (χ3n) is 5.25. The van der Waals surface area contributed by atoms with E-state index in [0.29, 0.717) is 6.42 Å². The van der Waals surface area contributed by atoms with Gasteiger partial charge in [0.25, 0.3) is 0 Å². The standard InChI is InChI=1S/C20H21ClN6O3S/c21-17-8-4-5-9-19(17)31(29,30)26-12-10-25(11-13-26)20(28)18(27-15-22-23-24-27)14-16-6-2-1-3-7-16/h1-9,15,18H,10-14H2. The Labute approximate surface area is 185 Å². The van der Waals surface area contributed by atoms with Gasteiger partial charge in [-0.25, -0.2) is 13.1 Å². The molecule has 1 unspecified atom stereocenters. The number of carbonyl (C=O) groups excluding carboxylic acids is 1. The fraction of sp³-hybridized carbons (Fsp3) is 0.300. The van der Waals surface area contributed by atoms with Gasteiger partial charge in [0.1, 0.15) is 17.3 Å². The lowest BCUT2D eigenvalue weighted by Gasteiger charge is -2.35. The molecule has 162 valence electrons. The first-order valence-electron chi connectivity index (χ1n) is 9.76. The Morgan fingerprint density at radius 3 is 2.32 bits per heavy atom. The topological polar surface area (TPSA) is 101 Å². The summed E-state index contributed by atoms with van der Waals surface area (Å²) in [5.74, 6) is -0.147. The first-order valence-corrected chi connectivity index (χ1v) is 11.6. The highest BCUT2D eigenvalue weighted by Gasteiger charge is 2.34. The molecule has 1 aliphatic rings. The van der Waals surface area contributed by atoms with Crippen molar-refractivity contribution in [3.05, 3.63) is 71.5 Å². The fourth-order valence-corrected chi connectivity index (χ4v) is 5.51. The van der Waals surface area contributed by atoms with Crippen LogP contribution in [0.5, 0.6) is 0 Å². The normalized spacial score (nSPS) is 16.2. The quantitative estimate of drug-likeness (QED) is 0.554. The monoisotopic (exact) mass is 460 g/mol. The number of benzene rings is 2. The van der Waals surface area contributed by atoms with Crippen LogP contribution in [-0.4, -0.2) is 69.9 Å². The van der Waals surface area contributed by atoms with E-state index in [0.717, 1.165) is 5.56 Å². The molecule has 3 aromatic rings. The maximum absolute atomic E-state index is 13.3. The van der Waals surface area contributed by atoms with E-state index in [1.165, 1.54) is 21.4 Å². The summed E-state index contributed by atoms with van der Waals surface area (Å²) in [4.78, 5) is 15.0. The van der Waals surface area contributed by atoms with Crippen LogP contribution < -0.4 is 0 Å². The van der Waals surface area contributed by atoms with Crippen molar-refractivity contribution in [3.63, 3.8) is 0 Å². The summed E-state index contributed by atoms with van der Waals surface area (Å²) < 4.78 is 28.7. The van der Waals surface area contributed by atoms with E-state index < -0.39 is 16.1 Å². The van der Waals surface area contributed by atoms with E-state index in [9.17, 15) is 13.2 Å². The zero-order valence-electron chi connectivity index (χ0n) is 16.6. The van der Waals surface area contributed by atoms with Gasteiger partial charge in [0.2, 0.25) is 15.9 Å². The molecule has 2 aromatic carbocycles. The maximum Gasteiger partial charge on any atom is 0.248 e. The van der Waals surface area contributed by atoms with Gasteiger partial charge >= 0.3 is 0 Å². The molecule has 0 N–H and O–H groups in total. The number of rotatable bonds is 6. The first-order chi connectivity index (χ1) is 15.0. The molecule has 0 spiro atoms. The molecular weight excluding hydrogens is 440 g/mol. The summed E-state index contributed by atoms with van der Waals surface area (Å²) in [5, 5.41) is 11.4. The number of hydrogen-bond acceptors (Lipinski definition) is 6. The van der Waals surface area contributed by atoms with Crippen LogP contribution in [0.3, 0.4) is 0 Å². The van der Waals surface area contributed by atoms with Gasteiger partial charge in [-0.3, -0.25) is 4.79 Å². The third-order valence-corrected chi connectivity index (χ3v) is 7.64. The predicted molar refractivity (Wildman–Crippen MR) is 114 cm³/mol. The van der Waals surface area contributed by atoms with Crippen LogP contribution in [0.2, 0.25) is 5.02 Å². The van der Waals surface area contributed by atoms with E-state index >= 15 is 0 Å². The molecular formula is C20H21ClN6O3S. The lowest BCUT2D eigenvalue weighted by molar-refractivity contribution is -0.136. The van der Waals surface area contributed by atoms with Gasteiger partial charge in [-0.1, -0.05) is 54.1 Å². The fourth-order valence-electron chi connectivity index (χ4n) is 3.60. The predicted octanol–water partition coefficient (Wildman–Crippen LogP) is 1.64. The Morgan fingerprint density at radius 1 is 1.00 bits per heavy atom. The number of nitrogens with zero attached hydrogens (tertiary/aromatic N) is 6. The van der Waals surface area contributed by atoms with Crippen molar-refractivity contribution in [2.45, 2.75) is 17.4 Å². The highest BCUT2D eigenvalue weighted by molar-refractivity contribution is 7.89. The van der Waals surface area contributed by atoms with Gasteiger partial charge in [-0.05, 0) is 28.1 Å². The highest BCUT2D eigenvalue weighted by Crippen LogP contribution is 2.25. The van der Waals surface area contributed by atoms with Gasteiger partial charge in [0.15, 0.2) is 0 Å². The minimum absolute atomic E-state index is 0.0760. The molecule has 1 aliphatic heterocycles. The van der Waals surface area contributed by atoms with Crippen LogP contribution in [0, 0.1) is 0 Å². The van der Waals surface area contributed by atoms with Gasteiger partial charge < -0.3 is 4.90 Å². The number of carbonyl (C=O) groups is 1. The van der Waals surface area contributed by atoms with Gasteiger partial charge in [-0.2, -0.15) is 4.31 Å². The van der Waals surface area contributed by atoms with Crippen molar-refractivity contribution in [3.8, 4) is 0 Å². The summed E-state index contributed by atoms with van der Waals surface area (Å²) in [6, 6.07) is 15.4. The number of hydrogen-bond donors (Lipinski definition) is 0. The van der Waals surface area contributed by atoms with E-state index in [4.69, 9.17) is 11.6 Å². The molecule has 1 saturated heterocycles. The highest BCUT2D eigenvalue weighted by atomic mass is 35.5. The third kappa shape index (κ3) is 4.60. The zero-order valence-corrected chi connectivity index (χ0v) is 18.2. The number of piperazine rings is 1. The maximum atomic E-state index is 13.3. The number of amides is 1. The summed E-state index contributed by atoms with van der Waals surface area (Å²) in [6.45, 7) is 0.922. The Morgan fingerprint density at radius 2 is 1.68 bits per heavy atom. The molecule has 0 saturated carbocycles. The SMILES string of the molecule is O=C(C(Cc1ccccc1)n1cnnn1)N1CCN(S(=O)(=O)c2ccccc2Cl)CC1. The first kappa shape index (κ1) is 21.4. The minimum atomic E-state index is -3.73. The number of tetrazole rings is 1. The van der Waals surface area contributed by atoms with Crippen LogP contribution >= 0.6 is 11.6 Å². The second-order valence-electron chi connectivity index (χ2n) is 7.16. The summed E-state index contributed by atoms with van der Waals surface area (Å²) in [5.41, 5.74) is 0.983. The van der Waals surface area contributed by atoms with E-state index in [1.807, 2.05) is 30.3 Å². The Bertz CT molecular complexity index is 1130. The molecule has 1 atom stereocenters. The second-order valence-corrected chi connectivity index (χ2v) is 9.47. The van der Waals surface area contributed by atoms with Crippen molar-refractivity contribution in [1.29, 1.82) is 0 Å². The van der Waals surface area contributed by atoms with Crippen molar-refractivity contribution in [2.24, 2.45) is 0 Å². The minimum Gasteiger partial charge on any atom is -0.338 e. The summed E-state index contributed by atoms with van der Waals surface area (Å²) in [7, 11) is -3.73. The average molecular weight is 461 g/mol. The van der Waals surface area contributed by atoms with Crippen LogP contribution in [0.1, 0.15) is 11.6 Å². The lowest BCUT2D eigenvalue weighted by Crippen LogP contribution is -2.52. The molecule has 0 radical (unpaired) electrons. The molecule has 31 heavy (non-hydrogen) atoms. The molecule has 11 heteroatoms.